The first-order valence-corrected chi connectivity index (χ1v) is 7.40. The fourth-order valence-corrected chi connectivity index (χ4v) is 2.49. The van der Waals surface area contributed by atoms with E-state index in [9.17, 15) is 18.0 Å². The molecule has 1 aliphatic rings. The van der Waals surface area contributed by atoms with Gasteiger partial charge in [-0.3, -0.25) is 19.7 Å². The lowest BCUT2D eigenvalue weighted by Crippen LogP contribution is -2.37. The number of ether oxygens (including phenoxy) is 1. The molecule has 0 saturated carbocycles. The lowest BCUT2D eigenvalue weighted by molar-refractivity contribution is -0.145. The van der Waals surface area contributed by atoms with Gasteiger partial charge in [0.25, 0.3) is 0 Å². The summed E-state index contributed by atoms with van der Waals surface area (Å²) in [7, 11) is 0. The van der Waals surface area contributed by atoms with Crippen molar-refractivity contribution in [3.05, 3.63) is 36.2 Å². The minimum Gasteiger partial charge on any atom is -0.464 e. The van der Waals surface area contributed by atoms with Gasteiger partial charge in [0, 0.05) is 30.9 Å². The van der Waals surface area contributed by atoms with Crippen LogP contribution < -0.4 is 0 Å². The second-order valence-electron chi connectivity index (χ2n) is 5.32. The van der Waals surface area contributed by atoms with Crippen LogP contribution >= 0.6 is 0 Å². The number of carbonyl (C=O) groups is 1. The number of piperidine rings is 1. The maximum atomic E-state index is 12.6. The molecule has 1 aliphatic heterocycles. The highest BCUT2D eigenvalue weighted by molar-refractivity contribution is 5.71. The number of hydrogen-bond acceptors (Lipinski definition) is 5. The molecule has 2 heterocycles. The first-order chi connectivity index (χ1) is 11.1. The van der Waals surface area contributed by atoms with Gasteiger partial charge in [0.05, 0.1) is 18.8 Å². The highest BCUT2D eigenvalue weighted by Crippen LogP contribution is 2.25. The summed E-state index contributed by atoms with van der Waals surface area (Å²) in [6.45, 7) is 1.13. The van der Waals surface area contributed by atoms with E-state index in [4.69, 9.17) is 4.74 Å². The molecule has 2 rings (SSSR count). The summed E-state index contributed by atoms with van der Waals surface area (Å²) in [6.07, 6.45) is 3.79. The highest BCUT2D eigenvalue weighted by Gasteiger charge is 2.23. The predicted octanol–water partition coefficient (Wildman–Crippen LogP) is 2.67. The van der Waals surface area contributed by atoms with Crippen LogP contribution in [0.4, 0.5) is 13.2 Å². The summed E-state index contributed by atoms with van der Waals surface area (Å²) in [5.74, 6) is -1.75. The zero-order chi connectivity index (χ0) is 16.7. The third kappa shape index (κ3) is 5.63. The molecule has 1 fully saturated rings. The fraction of sp³-hybridized carbons (Fsp3) is 0.533. The maximum absolute atomic E-state index is 12.6. The molecule has 1 aromatic heterocycles. The maximum Gasteiger partial charge on any atom is 0.320 e. The predicted molar refractivity (Wildman–Crippen MR) is 76.4 cm³/mol. The second-order valence-corrected chi connectivity index (χ2v) is 5.32. The Hall–Kier alpha value is -1.96. The van der Waals surface area contributed by atoms with E-state index in [1.807, 2.05) is 4.90 Å². The normalized spacial score (nSPS) is 16.1. The number of likely N-dealkylation sites (tertiary alicyclic amines) is 1. The van der Waals surface area contributed by atoms with Gasteiger partial charge in [-0.05, 0) is 25.9 Å². The molecule has 0 unspecified atom stereocenters. The van der Waals surface area contributed by atoms with Gasteiger partial charge < -0.3 is 4.74 Å². The first kappa shape index (κ1) is 17.4. The molecule has 0 bridgehead atoms. The zero-order valence-corrected chi connectivity index (χ0v) is 12.6. The topological polar surface area (TPSA) is 55.3 Å². The van der Waals surface area contributed by atoms with Gasteiger partial charge in [0.2, 0.25) is 0 Å². The highest BCUT2D eigenvalue weighted by atomic mass is 19.3. The van der Waals surface area contributed by atoms with Gasteiger partial charge in [-0.2, -0.15) is 8.78 Å². The molecule has 1 aromatic rings. The molecule has 126 valence electrons. The van der Waals surface area contributed by atoms with Crippen LogP contribution in [0, 0.1) is 0 Å². The SMILES string of the molecule is O=C(CN1CCC(c2cnccn2)CC1)OCCC(F)=C(F)F. The Morgan fingerprint density at radius 1 is 1.26 bits per heavy atom. The molecule has 1 saturated heterocycles. The van der Waals surface area contributed by atoms with Crippen LogP contribution in [0.2, 0.25) is 0 Å². The number of nitrogens with zero attached hydrogens (tertiary/aromatic N) is 3. The quantitative estimate of drug-likeness (QED) is 0.751. The van der Waals surface area contributed by atoms with Crippen LogP contribution in [-0.4, -0.2) is 47.1 Å². The van der Waals surface area contributed by atoms with Gasteiger partial charge >= 0.3 is 12.0 Å². The van der Waals surface area contributed by atoms with Gasteiger partial charge in [0.15, 0.2) is 5.83 Å². The fourth-order valence-electron chi connectivity index (χ4n) is 2.49. The van der Waals surface area contributed by atoms with Crippen molar-refractivity contribution >= 4 is 5.97 Å². The molecule has 0 amide bonds. The summed E-state index contributed by atoms with van der Waals surface area (Å²) in [5, 5.41) is 0. The van der Waals surface area contributed by atoms with Crippen LogP contribution in [0.3, 0.4) is 0 Å². The average molecular weight is 329 g/mol. The molecule has 5 nitrogen and oxygen atoms in total. The van der Waals surface area contributed by atoms with Crippen LogP contribution in [0.5, 0.6) is 0 Å². The number of aromatic nitrogens is 2. The van der Waals surface area contributed by atoms with E-state index >= 15 is 0 Å². The van der Waals surface area contributed by atoms with E-state index in [1.54, 1.807) is 18.6 Å². The lowest BCUT2D eigenvalue weighted by Gasteiger charge is -2.30. The molecule has 0 radical (unpaired) electrons. The summed E-state index contributed by atoms with van der Waals surface area (Å²) in [4.78, 5) is 21.9. The van der Waals surface area contributed by atoms with Crippen LogP contribution in [0.25, 0.3) is 0 Å². The van der Waals surface area contributed by atoms with Crippen molar-refractivity contribution in [2.24, 2.45) is 0 Å². The molecule has 0 spiro atoms. The molecule has 0 aliphatic carbocycles. The Kier molecular flexibility index (Phi) is 6.52. The van der Waals surface area contributed by atoms with E-state index in [0.717, 1.165) is 18.5 Å². The van der Waals surface area contributed by atoms with Gasteiger partial charge in [-0.15, -0.1) is 0 Å². The van der Waals surface area contributed by atoms with Crippen LogP contribution in [0.1, 0.15) is 30.9 Å². The Labute approximate surface area is 132 Å². The first-order valence-electron chi connectivity index (χ1n) is 7.40. The van der Waals surface area contributed by atoms with Crippen LogP contribution in [0.15, 0.2) is 30.5 Å². The number of hydrogen-bond donors (Lipinski definition) is 0. The molecule has 23 heavy (non-hydrogen) atoms. The minimum atomic E-state index is -2.37. The van der Waals surface area contributed by atoms with E-state index in [1.165, 1.54) is 0 Å². The minimum absolute atomic E-state index is 0.0800. The average Bonchev–Trinajstić information content (AvgIpc) is 2.56. The number of halogens is 3. The van der Waals surface area contributed by atoms with E-state index in [2.05, 4.69) is 9.97 Å². The summed E-state index contributed by atoms with van der Waals surface area (Å²) in [6, 6.07) is 0. The zero-order valence-electron chi connectivity index (χ0n) is 12.6. The van der Waals surface area contributed by atoms with Crippen molar-refractivity contribution in [1.82, 2.24) is 14.9 Å². The van der Waals surface area contributed by atoms with Gasteiger partial charge in [0.1, 0.15) is 0 Å². The smallest absolute Gasteiger partial charge is 0.320 e. The molecule has 0 atom stereocenters. The van der Waals surface area contributed by atoms with E-state index in [-0.39, 0.29) is 13.2 Å². The monoisotopic (exact) mass is 329 g/mol. The number of esters is 1. The Morgan fingerprint density at radius 2 is 2.00 bits per heavy atom. The van der Waals surface area contributed by atoms with Crippen molar-refractivity contribution in [3.8, 4) is 0 Å². The third-order valence-corrected chi connectivity index (χ3v) is 3.73. The van der Waals surface area contributed by atoms with Crippen molar-refractivity contribution in [2.75, 3.05) is 26.2 Å². The van der Waals surface area contributed by atoms with Crippen molar-refractivity contribution in [2.45, 2.75) is 25.2 Å². The summed E-state index contributed by atoms with van der Waals surface area (Å²) < 4.78 is 41.0. The number of carbonyl (C=O) groups excluding carboxylic acids is 1. The van der Waals surface area contributed by atoms with Crippen LogP contribution in [-0.2, 0) is 9.53 Å². The van der Waals surface area contributed by atoms with Gasteiger partial charge in [-0.25, -0.2) is 4.39 Å². The van der Waals surface area contributed by atoms with Crippen molar-refractivity contribution < 1.29 is 22.7 Å². The Morgan fingerprint density at radius 3 is 2.61 bits per heavy atom. The lowest BCUT2D eigenvalue weighted by atomic mass is 9.94. The summed E-state index contributed by atoms with van der Waals surface area (Å²) >= 11 is 0. The molecule has 0 N–H and O–H groups in total. The number of rotatable bonds is 6. The van der Waals surface area contributed by atoms with Crippen molar-refractivity contribution in [3.63, 3.8) is 0 Å². The molecule has 0 aromatic carbocycles. The Balaban J connectivity index is 1.68. The molecular formula is C15H18F3N3O2. The standard InChI is InChI=1S/C15H18F3N3O2/c16-12(15(17)18)3-8-23-14(22)10-21-6-1-11(2-7-21)13-9-19-4-5-20-13/h4-5,9,11H,1-3,6-8,10H2. The van der Waals surface area contributed by atoms with Gasteiger partial charge in [-0.1, -0.05) is 0 Å². The van der Waals surface area contributed by atoms with Crippen molar-refractivity contribution in [1.29, 1.82) is 0 Å². The van der Waals surface area contributed by atoms with E-state index in [0.29, 0.717) is 19.0 Å². The Bertz CT molecular complexity index is 542. The summed E-state index contributed by atoms with van der Waals surface area (Å²) in [5.41, 5.74) is 0.949. The third-order valence-electron chi connectivity index (χ3n) is 3.73. The van der Waals surface area contributed by atoms with E-state index < -0.39 is 24.3 Å². The molecular weight excluding hydrogens is 311 g/mol. The second kappa shape index (κ2) is 8.61. The molecule has 8 heteroatoms. The largest absolute Gasteiger partial charge is 0.464 e.